The van der Waals surface area contributed by atoms with Gasteiger partial charge in [0.05, 0.1) is 50.7 Å². The molecule has 0 aliphatic carbocycles. The number of carboxylic acid groups (broad SMARTS) is 2. The van der Waals surface area contributed by atoms with E-state index < -0.39 is 274 Å². The first kappa shape index (κ1) is 98.4. The number of phenols is 2. The zero-order valence-electron chi connectivity index (χ0n) is 68.6. The van der Waals surface area contributed by atoms with Crippen LogP contribution >= 0.6 is 0 Å². The summed E-state index contributed by atoms with van der Waals surface area (Å²) in [5.41, 5.74) is 23.1. The number of nitrogens with one attached hydrogen (secondary N) is 12. The van der Waals surface area contributed by atoms with E-state index in [1.807, 2.05) is 0 Å². The summed E-state index contributed by atoms with van der Waals surface area (Å²) in [6.07, 6.45) is -1.69. The lowest BCUT2D eigenvalue weighted by Crippen LogP contribution is -2.62. The van der Waals surface area contributed by atoms with Gasteiger partial charge in [0.1, 0.15) is 90.0 Å². The van der Waals surface area contributed by atoms with Crippen LogP contribution in [0, 0.1) is 5.92 Å². The number of phenolic OH excluding ortho intramolecular Hbond substituents is 2. The maximum atomic E-state index is 15.1. The number of aromatic amines is 1. The summed E-state index contributed by atoms with van der Waals surface area (Å²) in [6, 6.07) is -3.95. The first-order chi connectivity index (χ1) is 59.4. The van der Waals surface area contributed by atoms with Crippen LogP contribution in [0.4, 0.5) is 0 Å². The van der Waals surface area contributed by atoms with E-state index >= 15 is 4.79 Å². The predicted octanol–water partition coefficient (Wildman–Crippen LogP) is -7.65. The molecule has 7 rings (SSSR count). The van der Waals surface area contributed by atoms with Crippen LogP contribution in [0.5, 0.6) is 11.5 Å². The number of hydrogen-bond acceptors (Lipinski definition) is 25. The Kier molecular flexibility index (Phi) is 37.5. The second-order valence-electron chi connectivity index (χ2n) is 30.5. The van der Waals surface area contributed by atoms with E-state index in [-0.39, 0.29) is 100 Å². The van der Waals surface area contributed by atoms with Gasteiger partial charge in [-0.05, 0) is 98.2 Å². The highest BCUT2D eigenvalue weighted by Gasteiger charge is 2.45. The van der Waals surface area contributed by atoms with Crippen LogP contribution in [-0.2, 0) is 117 Å². The number of carbonyl (C=O) groups is 19. The van der Waals surface area contributed by atoms with E-state index in [4.69, 9.17) is 22.9 Å². The van der Waals surface area contributed by atoms with Crippen molar-refractivity contribution in [3.8, 4) is 11.5 Å². The second kappa shape index (κ2) is 47.6. The van der Waals surface area contributed by atoms with E-state index in [0.717, 1.165) is 14.7 Å². The van der Waals surface area contributed by atoms with Gasteiger partial charge >= 0.3 is 11.9 Å². The van der Waals surface area contributed by atoms with Gasteiger partial charge in [-0.1, -0.05) is 74.9 Å². The third-order valence-electron chi connectivity index (χ3n) is 21.3. The largest absolute Gasteiger partial charge is 0.508 e. The maximum absolute atomic E-state index is 15.1. The van der Waals surface area contributed by atoms with Gasteiger partial charge in [0, 0.05) is 64.4 Å². The molecule has 3 aromatic carbocycles. The summed E-state index contributed by atoms with van der Waals surface area (Å²) in [7, 11) is 0. The smallest absolute Gasteiger partial charge is 0.326 e. The average Bonchev–Trinajstić information content (AvgIpc) is 1.80. The molecule has 3 aliphatic rings. The Balaban J connectivity index is 1.06. The van der Waals surface area contributed by atoms with Gasteiger partial charge < -0.3 is 132 Å². The minimum Gasteiger partial charge on any atom is -0.508 e. The number of carbonyl (C=O) groups excluding carboxylic acids is 17. The number of amides is 17. The molecule has 0 bridgehead atoms. The van der Waals surface area contributed by atoms with Crippen LogP contribution in [0.15, 0.2) is 91.4 Å². The van der Waals surface area contributed by atoms with Crippen LogP contribution in [0.1, 0.15) is 120 Å². The number of aromatic nitrogens is 2. The normalized spacial score (nSPS) is 17.6. The molecule has 26 N–H and O–H groups in total. The van der Waals surface area contributed by atoms with Crippen molar-refractivity contribution >= 4 is 112 Å². The molecule has 125 heavy (non-hydrogen) atoms. The Morgan fingerprint density at radius 3 is 1.34 bits per heavy atom. The van der Waals surface area contributed by atoms with Crippen molar-refractivity contribution < 1.29 is 122 Å². The fourth-order valence-corrected chi connectivity index (χ4v) is 14.3. The van der Waals surface area contributed by atoms with Crippen LogP contribution in [0.3, 0.4) is 0 Å². The van der Waals surface area contributed by atoms with Crippen molar-refractivity contribution in [1.29, 1.82) is 0 Å². The Bertz CT molecular complexity index is 4520. The molecule has 3 saturated heterocycles. The highest BCUT2D eigenvalue weighted by molar-refractivity contribution is 6.02. The number of hydrogen-bond donors (Lipinski definition) is 22. The molecule has 0 saturated carbocycles. The number of imidazole rings is 1. The van der Waals surface area contributed by atoms with E-state index in [2.05, 4.69) is 68.5 Å². The minimum absolute atomic E-state index is 0.00764. The standard InChI is InChI=1S/C80H108N20O25/c1-3-41(2)66(79(123)100-29-9-14-60(100)76(120)89-49(23-25-61(82)105)68(112)96-57(39-102)78(122)99-28-8-13-59(99)77(121)92-53(30-42-10-5-4-6-11-42)72(116)94-55(80(124)125)33-45-36-85-40-87-45)97-69(113)50(24-26-65(109)110)88-70(114)51(31-43-15-19-46(103)20-16-43)90-71(115)52(32-44-17-21-47(104)22-18-44)91-74(118)56(38-101)95-73(117)54(35-63(84)107)93-75(119)58-12-7-27-98(58)64(108)37-86-67(111)48(81)34-62(83)106/h4-6,10-11,15-22,36,40-41,48-60,66,101-104H,3,7-9,12-14,23-35,37-39,81H2,1-2H3,(H2,82,105)(H2,83,106)(H2,84,107)(H,85,87)(H,86,111)(H,88,114)(H,89,120)(H,90,115)(H,91,118)(H,92,121)(H,93,119)(H,94,116)(H,95,117)(H,96,112)(H,97,113)(H,109,110)(H,124,125)/t41-,48-,49-,50-,51-,52-,53-,54-,55-,56-,57-,58-,59-,60-,66-/m0/s1. The molecule has 17 amide bonds. The number of aliphatic carboxylic acids is 2. The molecule has 678 valence electrons. The molecule has 3 aliphatic heterocycles. The number of nitrogens with zero attached hydrogens (tertiary/aromatic N) is 4. The lowest BCUT2D eigenvalue weighted by molar-refractivity contribution is -0.145. The average molecular weight is 1750 g/mol. The lowest BCUT2D eigenvalue weighted by Gasteiger charge is -2.33. The number of aliphatic hydroxyl groups excluding tert-OH is 2. The Labute approximate surface area is 715 Å². The molecule has 0 radical (unpaired) electrons. The summed E-state index contributed by atoms with van der Waals surface area (Å²) in [5, 5.41) is 88.5. The highest BCUT2D eigenvalue weighted by atomic mass is 16.4. The molecule has 0 unspecified atom stereocenters. The van der Waals surface area contributed by atoms with Gasteiger partial charge in [-0.3, -0.25) is 86.3 Å². The highest BCUT2D eigenvalue weighted by Crippen LogP contribution is 2.25. The fraction of sp³-hybridized carbons (Fsp3) is 0.500. The summed E-state index contributed by atoms with van der Waals surface area (Å²) in [4.78, 5) is 270. The summed E-state index contributed by atoms with van der Waals surface area (Å²) < 4.78 is 0. The van der Waals surface area contributed by atoms with Gasteiger partial charge in [0.15, 0.2) is 0 Å². The quantitative estimate of drug-likeness (QED) is 0.0195. The number of benzene rings is 3. The van der Waals surface area contributed by atoms with Crippen molar-refractivity contribution in [2.75, 3.05) is 39.4 Å². The number of carboxylic acids is 2. The maximum Gasteiger partial charge on any atom is 0.326 e. The third-order valence-corrected chi connectivity index (χ3v) is 21.3. The second-order valence-corrected chi connectivity index (χ2v) is 30.5. The van der Waals surface area contributed by atoms with Crippen molar-refractivity contribution in [2.24, 2.45) is 28.9 Å². The monoisotopic (exact) mass is 1750 g/mol. The van der Waals surface area contributed by atoms with Crippen molar-refractivity contribution in [2.45, 2.75) is 208 Å². The van der Waals surface area contributed by atoms with Crippen LogP contribution in [0.2, 0.25) is 0 Å². The number of nitrogens with two attached hydrogens (primary N) is 4. The fourth-order valence-electron chi connectivity index (χ4n) is 14.3. The molecular formula is C80H108N20O25. The predicted molar refractivity (Wildman–Crippen MR) is 435 cm³/mol. The van der Waals surface area contributed by atoms with Gasteiger partial charge in [-0.25, -0.2) is 9.78 Å². The first-order valence-electron chi connectivity index (χ1n) is 40.4. The van der Waals surface area contributed by atoms with Crippen molar-refractivity contribution in [3.63, 3.8) is 0 Å². The summed E-state index contributed by atoms with van der Waals surface area (Å²) >= 11 is 0. The summed E-state index contributed by atoms with van der Waals surface area (Å²) in [6.45, 7) is 0.00761. The van der Waals surface area contributed by atoms with Crippen molar-refractivity contribution in [1.82, 2.24) is 83.2 Å². The molecule has 45 heteroatoms. The molecule has 0 spiro atoms. The Morgan fingerprint density at radius 2 is 0.864 bits per heavy atom. The SMILES string of the molecule is CC[C@H](C)[C@H](NC(=O)[C@H](CCC(=O)O)NC(=O)[C@H](Cc1ccc(O)cc1)NC(=O)[C@H](Cc1ccc(O)cc1)NC(=O)[C@H](CO)NC(=O)[C@H](CC(N)=O)NC(=O)[C@@H]1CCCN1C(=O)CNC(=O)[C@@H](N)CC(N)=O)C(=O)N1CCC[C@H]1C(=O)N[C@@H](CCC(N)=O)C(=O)N[C@@H](CO)C(=O)N1CCC[C@H]1C(=O)N[C@@H](Cc1ccccc1)C(=O)N[C@@H](Cc1c[nH]cn1)C(=O)O. The molecule has 3 fully saturated rings. The molecule has 45 nitrogen and oxygen atoms in total. The number of aromatic hydroxyl groups is 2. The van der Waals surface area contributed by atoms with Gasteiger partial charge in [-0.2, -0.15) is 0 Å². The van der Waals surface area contributed by atoms with Crippen LogP contribution in [-0.4, -0.2) is 292 Å². The molecule has 4 aromatic rings. The van der Waals surface area contributed by atoms with E-state index in [1.165, 1.54) is 61.1 Å². The molecule has 4 heterocycles. The van der Waals surface area contributed by atoms with Crippen molar-refractivity contribution in [3.05, 3.63) is 114 Å². The van der Waals surface area contributed by atoms with Crippen LogP contribution < -0.4 is 81.4 Å². The number of primary amides is 3. The zero-order valence-corrected chi connectivity index (χ0v) is 68.6. The van der Waals surface area contributed by atoms with Gasteiger partial charge in [0.25, 0.3) is 0 Å². The van der Waals surface area contributed by atoms with Gasteiger partial charge in [-0.15, -0.1) is 0 Å². The zero-order chi connectivity index (χ0) is 91.9. The molecule has 1 aromatic heterocycles. The van der Waals surface area contributed by atoms with E-state index in [9.17, 15) is 117 Å². The number of rotatable bonds is 48. The van der Waals surface area contributed by atoms with Crippen LogP contribution in [0.25, 0.3) is 0 Å². The topological polar surface area (TPSA) is 721 Å². The number of likely N-dealkylation sites (tertiary alicyclic amines) is 3. The third kappa shape index (κ3) is 29.8. The van der Waals surface area contributed by atoms with E-state index in [0.29, 0.717) is 11.3 Å². The van der Waals surface area contributed by atoms with Gasteiger partial charge in [0.2, 0.25) is 100 Å². The first-order valence-corrected chi connectivity index (χ1v) is 40.4. The lowest BCUT2D eigenvalue weighted by atomic mass is 9.96. The number of aliphatic hydroxyl groups is 2. The molecular weight excluding hydrogens is 1640 g/mol. The number of H-pyrrole nitrogens is 1. The Morgan fingerprint density at radius 1 is 0.456 bits per heavy atom. The van der Waals surface area contributed by atoms with E-state index in [1.54, 1.807) is 44.2 Å². The minimum atomic E-state index is -2.01. The summed E-state index contributed by atoms with van der Waals surface area (Å²) in [5.74, 6) is -21.5. The Hall–Kier alpha value is -13.7. The molecule has 15 atom stereocenters.